The number of aromatic carboxylic acids is 1. The van der Waals surface area contributed by atoms with Crippen LogP contribution in [0.25, 0.3) is 10.9 Å². The van der Waals surface area contributed by atoms with Crippen LogP contribution in [0.5, 0.6) is 0 Å². The minimum Gasteiger partial charge on any atom is -0.477 e. The highest BCUT2D eigenvalue weighted by Gasteiger charge is 2.33. The molecule has 1 aromatic heterocycles. The predicted octanol–water partition coefficient (Wildman–Crippen LogP) is 1.37. The summed E-state index contributed by atoms with van der Waals surface area (Å²) in [6.07, 6.45) is 1.15. The first-order valence-electron chi connectivity index (χ1n) is 9.74. The monoisotopic (exact) mass is 422 g/mol. The molecule has 4 rings (SSSR count). The molecule has 0 atom stereocenters. The number of hydrogen-bond donors (Lipinski definition) is 1. The van der Waals surface area contributed by atoms with Crippen LogP contribution in [0, 0.1) is 11.6 Å². The number of carboxylic acids is 1. The summed E-state index contributed by atoms with van der Waals surface area (Å²) >= 11 is 0. The molecule has 0 bridgehead atoms. The standard InChI is InChI=1S/C20H24F2N4O4/c1-23(2)16-13-17(15(22)18(14(16)21)25-6-4-24(3)5-7-25)26(11-9-30-10-11)8-12(19(13)27)20(28)29/h8,11H,4-7,9-10H2,1-3H3,(H,28,29). The highest BCUT2D eigenvalue weighted by molar-refractivity contribution is 6.00. The van der Waals surface area contributed by atoms with Crippen LogP contribution in [-0.4, -0.2) is 81.1 Å². The van der Waals surface area contributed by atoms with Crippen LogP contribution in [-0.2, 0) is 4.74 Å². The van der Waals surface area contributed by atoms with Gasteiger partial charge in [0.1, 0.15) is 11.3 Å². The number of aromatic nitrogens is 1. The molecule has 2 aliphatic heterocycles. The molecule has 0 aliphatic carbocycles. The number of ether oxygens (including phenoxy) is 1. The van der Waals surface area contributed by atoms with Gasteiger partial charge in [0, 0.05) is 46.5 Å². The summed E-state index contributed by atoms with van der Waals surface area (Å²) in [5.74, 6) is -3.14. The maximum atomic E-state index is 15.9. The molecule has 2 aliphatic rings. The van der Waals surface area contributed by atoms with Crippen molar-refractivity contribution < 1.29 is 23.4 Å². The van der Waals surface area contributed by atoms with E-state index in [2.05, 4.69) is 4.90 Å². The van der Waals surface area contributed by atoms with E-state index in [1.54, 1.807) is 19.0 Å². The Kier molecular flexibility index (Phi) is 5.15. The number of anilines is 2. The van der Waals surface area contributed by atoms with E-state index in [-0.39, 0.29) is 41.5 Å². The highest BCUT2D eigenvalue weighted by Crippen LogP contribution is 2.39. The van der Waals surface area contributed by atoms with Crippen molar-refractivity contribution in [3.05, 3.63) is 33.6 Å². The summed E-state index contributed by atoms with van der Waals surface area (Å²) < 4.78 is 38.2. The van der Waals surface area contributed by atoms with E-state index in [0.717, 1.165) is 6.20 Å². The minimum atomic E-state index is -1.44. The lowest BCUT2D eigenvalue weighted by Gasteiger charge is -2.36. The Labute approximate surface area is 171 Å². The van der Waals surface area contributed by atoms with Gasteiger partial charge in [-0.1, -0.05) is 0 Å². The van der Waals surface area contributed by atoms with E-state index in [1.807, 2.05) is 7.05 Å². The molecule has 0 saturated carbocycles. The summed E-state index contributed by atoms with van der Waals surface area (Å²) in [7, 11) is 5.04. The van der Waals surface area contributed by atoms with Crippen LogP contribution < -0.4 is 15.2 Å². The van der Waals surface area contributed by atoms with E-state index in [1.165, 1.54) is 9.47 Å². The largest absolute Gasteiger partial charge is 0.477 e. The predicted molar refractivity (Wildman–Crippen MR) is 109 cm³/mol. The van der Waals surface area contributed by atoms with Gasteiger partial charge in [-0.05, 0) is 7.05 Å². The molecule has 162 valence electrons. The number of carbonyl (C=O) groups is 1. The zero-order chi connectivity index (χ0) is 21.7. The van der Waals surface area contributed by atoms with Crippen molar-refractivity contribution in [2.75, 3.05) is 70.3 Å². The van der Waals surface area contributed by atoms with Crippen LogP contribution in [0.15, 0.2) is 11.0 Å². The number of fused-ring (bicyclic) bond motifs is 1. The molecule has 8 nitrogen and oxygen atoms in total. The Morgan fingerprint density at radius 3 is 2.30 bits per heavy atom. The van der Waals surface area contributed by atoms with Crippen LogP contribution >= 0.6 is 0 Å². The summed E-state index contributed by atoms with van der Waals surface area (Å²) in [5, 5.41) is 9.25. The van der Waals surface area contributed by atoms with Gasteiger partial charge in [-0.3, -0.25) is 4.79 Å². The van der Waals surface area contributed by atoms with Crippen LogP contribution in [0.2, 0.25) is 0 Å². The fourth-order valence-electron chi connectivity index (χ4n) is 4.06. The number of halogens is 2. The fraction of sp³-hybridized carbons (Fsp3) is 0.500. The minimum absolute atomic E-state index is 0.0858. The van der Waals surface area contributed by atoms with Gasteiger partial charge in [-0.2, -0.15) is 0 Å². The SMILES string of the molecule is CN1CCN(c2c(F)c(N(C)C)c3c(=O)c(C(=O)O)cn(C4COC4)c3c2F)CC1. The number of rotatable bonds is 4. The number of hydrogen-bond acceptors (Lipinski definition) is 6. The molecule has 2 fully saturated rings. The van der Waals surface area contributed by atoms with Crippen LogP contribution in [0.3, 0.4) is 0 Å². The molecular formula is C20H24F2N4O4. The lowest BCUT2D eigenvalue weighted by Crippen LogP contribution is -2.45. The Hall–Kier alpha value is -2.72. The molecule has 0 unspecified atom stereocenters. The lowest BCUT2D eigenvalue weighted by molar-refractivity contribution is -0.0219. The number of piperazine rings is 1. The molecule has 1 aromatic carbocycles. The van der Waals surface area contributed by atoms with Gasteiger partial charge >= 0.3 is 5.97 Å². The number of benzene rings is 1. The van der Waals surface area contributed by atoms with Crippen LogP contribution in [0.1, 0.15) is 16.4 Å². The van der Waals surface area contributed by atoms with Crippen molar-refractivity contribution in [3.8, 4) is 0 Å². The third-order valence-electron chi connectivity index (χ3n) is 5.81. The zero-order valence-corrected chi connectivity index (χ0v) is 17.1. The van der Waals surface area contributed by atoms with E-state index in [9.17, 15) is 14.7 Å². The summed E-state index contributed by atoms with van der Waals surface area (Å²) in [4.78, 5) is 29.8. The molecule has 3 heterocycles. The van der Waals surface area contributed by atoms with Crippen molar-refractivity contribution in [1.29, 1.82) is 0 Å². The van der Waals surface area contributed by atoms with E-state index in [0.29, 0.717) is 26.2 Å². The van der Waals surface area contributed by atoms with Crippen molar-refractivity contribution >= 4 is 28.2 Å². The zero-order valence-electron chi connectivity index (χ0n) is 17.1. The maximum Gasteiger partial charge on any atom is 0.341 e. The van der Waals surface area contributed by atoms with Gasteiger partial charge in [-0.15, -0.1) is 0 Å². The molecule has 2 aromatic rings. The van der Waals surface area contributed by atoms with Crippen molar-refractivity contribution in [1.82, 2.24) is 9.47 Å². The van der Waals surface area contributed by atoms with Gasteiger partial charge in [-0.25, -0.2) is 13.6 Å². The second-order valence-corrected chi connectivity index (χ2v) is 8.01. The lowest BCUT2D eigenvalue weighted by atomic mass is 10.0. The first-order valence-corrected chi connectivity index (χ1v) is 9.74. The average molecular weight is 422 g/mol. The smallest absolute Gasteiger partial charge is 0.341 e. The van der Waals surface area contributed by atoms with Crippen molar-refractivity contribution in [3.63, 3.8) is 0 Å². The van der Waals surface area contributed by atoms with E-state index < -0.39 is 28.6 Å². The summed E-state index contributed by atoms with van der Waals surface area (Å²) in [5.41, 5.74) is -1.81. The Morgan fingerprint density at radius 2 is 1.80 bits per heavy atom. The molecular weight excluding hydrogens is 398 g/mol. The average Bonchev–Trinajstić information content (AvgIpc) is 2.63. The molecule has 30 heavy (non-hydrogen) atoms. The second-order valence-electron chi connectivity index (χ2n) is 8.01. The maximum absolute atomic E-state index is 15.9. The second kappa shape index (κ2) is 7.51. The molecule has 0 spiro atoms. The number of carboxylic acid groups (broad SMARTS) is 1. The van der Waals surface area contributed by atoms with Gasteiger partial charge in [0.05, 0.1) is 35.8 Å². The molecule has 0 radical (unpaired) electrons. The van der Waals surface area contributed by atoms with Crippen molar-refractivity contribution in [2.45, 2.75) is 6.04 Å². The summed E-state index contributed by atoms with van der Waals surface area (Å²) in [6.45, 7) is 2.69. The summed E-state index contributed by atoms with van der Waals surface area (Å²) in [6, 6.07) is -0.332. The number of pyridine rings is 1. The van der Waals surface area contributed by atoms with Gasteiger partial charge < -0.3 is 29.1 Å². The topological polar surface area (TPSA) is 78.3 Å². The Bertz CT molecular complexity index is 1070. The normalized spacial score (nSPS) is 18.0. The Balaban J connectivity index is 2.10. The third kappa shape index (κ3) is 3.10. The van der Waals surface area contributed by atoms with Crippen molar-refractivity contribution in [2.24, 2.45) is 0 Å². The molecule has 2 saturated heterocycles. The number of likely N-dealkylation sites (N-methyl/N-ethyl adjacent to an activating group) is 1. The quantitative estimate of drug-likeness (QED) is 0.797. The van der Waals surface area contributed by atoms with Gasteiger partial charge in [0.15, 0.2) is 11.6 Å². The molecule has 1 N–H and O–H groups in total. The van der Waals surface area contributed by atoms with Gasteiger partial charge in [0.2, 0.25) is 5.43 Å². The fourth-order valence-corrected chi connectivity index (χ4v) is 4.06. The molecule has 10 heteroatoms. The first-order chi connectivity index (χ1) is 14.2. The Morgan fingerprint density at radius 1 is 1.17 bits per heavy atom. The number of nitrogens with zero attached hydrogens (tertiary/aromatic N) is 4. The highest BCUT2D eigenvalue weighted by atomic mass is 19.1. The van der Waals surface area contributed by atoms with Crippen LogP contribution in [0.4, 0.5) is 20.2 Å². The van der Waals surface area contributed by atoms with E-state index in [4.69, 9.17) is 4.74 Å². The third-order valence-corrected chi connectivity index (χ3v) is 5.81. The van der Waals surface area contributed by atoms with Gasteiger partial charge in [0.25, 0.3) is 0 Å². The first kappa shape index (κ1) is 20.5. The van der Waals surface area contributed by atoms with E-state index >= 15 is 8.78 Å². The molecule has 0 amide bonds.